The predicted octanol–water partition coefficient (Wildman–Crippen LogP) is 1.79. The van der Waals surface area contributed by atoms with Crippen LogP contribution in [0.5, 0.6) is 0 Å². The third-order valence-corrected chi connectivity index (χ3v) is 1.85. The number of rotatable bonds is 2. The molecule has 0 saturated heterocycles. The summed E-state index contributed by atoms with van der Waals surface area (Å²) in [7, 11) is 0. The van der Waals surface area contributed by atoms with Gasteiger partial charge in [0.05, 0.1) is 5.56 Å². The van der Waals surface area contributed by atoms with E-state index in [0.717, 1.165) is 0 Å². The summed E-state index contributed by atoms with van der Waals surface area (Å²) >= 11 is 3.09. The molecule has 0 fully saturated rings. The Morgan fingerprint density at radius 2 is 2.36 bits per heavy atom. The molecule has 0 aliphatic heterocycles. The summed E-state index contributed by atoms with van der Waals surface area (Å²) in [5, 5.41) is 11.8. The first-order valence-corrected chi connectivity index (χ1v) is 4.27. The maximum atomic E-state index is 10.4. The fraction of sp³-hybridized carbons (Fsp3) is 0. The highest BCUT2D eigenvalue weighted by Crippen LogP contribution is 2.23. The lowest BCUT2D eigenvalue weighted by Gasteiger charge is -1.80. The van der Waals surface area contributed by atoms with Gasteiger partial charge in [0.1, 0.15) is 6.26 Å². The second kappa shape index (κ2) is 3.26. The molecule has 0 radical (unpaired) electrons. The highest BCUT2D eigenvalue weighted by molar-refractivity contribution is 9.10. The van der Waals surface area contributed by atoms with E-state index in [-0.39, 0.29) is 11.7 Å². The molecule has 0 aliphatic rings. The number of hydrogen-bond acceptors (Lipinski definition) is 5. The minimum atomic E-state index is -1.23. The van der Waals surface area contributed by atoms with Crippen LogP contribution in [0.1, 0.15) is 10.6 Å². The molecule has 0 unspecified atom stereocenters. The monoisotopic (exact) mass is 258 g/mol. The van der Waals surface area contributed by atoms with Crippen molar-refractivity contribution in [3.8, 4) is 11.5 Å². The van der Waals surface area contributed by atoms with Crippen molar-refractivity contribution in [2.75, 3.05) is 0 Å². The molecule has 0 atom stereocenters. The molecule has 7 heteroatoms. The number of furan rings is 1. The highest BCUT2D eigenvalue weighted by Gasteiger charge is 2.15. The lowest BCUT2D eigenvalue weighted by atomic mass is 10.3. The number of aromatic nitrogens is 2. The summed E-state index contributed by atoms with van der Waals surface area (Å²) in [6, 6.07) is 1.60. The molecular weight excluding hydrogens is 256 g/mol. The predicted molar refractivity (Wildman–Crippen MR) is 46.7 cm³/mol. The average Bonchev–Trinajstić information content (AvgIpc) is 2.70. The van der Waals surface area contributed by atoms with Gasteiger partial charge in [0, 0.05) is 6.07 Å². The minimum Gasteiger partial charge on any atom is -0.475 e. The molecule has 2 aromatic rings. The lowest BCUT2D eigenvalue weighted by molar-refractivity contribution is 0.0680. The van der Waals surface area contributed by atoms with Gasteiger partial charge >= 0.3 is 5.97 Å². The zero-order valence-corrected chi connectivity index (χ0v) is 8.19. The van der Waals surface area contributed by atoms with Crippen LogP contribution in [0.4, 0.5) is 0 Å². The van der Waals surface area contributed by atoms with E-state index in [9.17, 15) is 4.79 Å². The average molecular weight is 259 g/mol. The molecule has 0 bridgehead atoms. The molecule has 0 amide bonds. The van der Waals surface area contributed by atoms with Crippen LogP contribution in [0.3, 0.4) is 0 Å². The standard InChI is InChI=1S/C7H3BrN2O4/c8-4-1-3(2-13-4)6-9-5(7(11)12)10-14-6/h1-2H,(H,11,12). The Kier molecular flexibility index (Phi) is 2.08. The van der Waals surface area contributed by atoms with Crippen molar-refractivity contribution in [2.45, 2.75) is 0 Å². The van der Waals surface area contributed by atoms with E-state index in [4.69, 9.17) is 14.0 Å². The Morgan fingerprint density at radius 3 is 2.86 bits per heavy atom. The summed E-state index contributed by atoms with van der Waals surface area (Å²) in [4.78, 5) is 14.1. The van der Waals surface area contributed by atoms with Crippen LogP contribution in [-0.4, -0.2) is 21.2 Å². The van der Waals surface area contributed by atoms with Gasteiger partial charge in [0.15, 0.2) is 4.67 Å². The molecule has 2 rings (SSSR count). The number of hydrogen-bond donors (Lipinski definition) is 1. The summed E-state index contributed by atoms with van der Waals surface area (Å²) in [6.45, 7) is 0. The zero-order valence-electron chi connectivity index (χ0n) is 6.60. The van der Waals surface area contributed by atoms with Gasteiger partial charge in [-0.3, -0.25) is 0 Å². The molecule has 2 heterocycles. The maximum Gasteiger partial charge on any atom is 0.377 e. The molecule has 0 aromatic carbocycles. The molecule has 2 aromatic heterocycles. The van der Waals surface area contributed by atoms with E-state index in [1.54, 1.807) is 6.07 Å². The Labute approximate surface area is 85.7 Å². The van der Waals surface area contributed by atoms with Crippen LogP contribution >= 0.6 is 15.9 Å². The Morgan fingerprint density at radius 1 is 1.57 bits per heavy atom. The second-order valence-electron chi connectivity index (χ2n) is 2.37. The Balaban J connectivity index is 2.38. The molecule has 1 N–H and O–H groups in total. The summed E-state index contributed by atoms with van der Waals surface area (Å²) in [6.07, 6.45) is 1.38. The van der Waals surface area contributed by atoms with Crippen molar-refractivity contribution in [1.82, 2.24) is 10.1 Å². The van der Waals surface area contributed by atoms with Gasteiger partial charge in [-0.05, 0) is 21.1 Å². The molecule has 14 heavy (non-hydrogen) atoms. The van der Waals surface area contributed by atoms with E-state index in [2.05, 4.69) is 26.1 Å². The topological polar surface area (TPSA) is 89.4 Å². The van der Waals surface area contributed by atoms with E-state index >= 15 is 0 Å². The molecule has 6 nitrogen and oxygen atoms in total. The number of halogens is 1. The van der Waals surface area contributed by atoms with Gasteiger partial charge in [-0.15, -0.1) is 0 Å². The van der Waals surface area contributed by atoms with Crippen LogP contribution in [0.2, 0.25) is 0 Å². The molecule has 0 saturated carbocycles. The number of nitrogens with zero attached hydrogens (tertiary/aromatic N) is 2. The van der Waals surface area contributed by atoms with E-state index in [0.29, 0.717) is 10.2 Å². The van der Waals surface area contributed by atoms with Crippen LogP contribution in [0.25, 0.3) is 11.5 Å². The fourth-order valence-corrected chi connectivity index (χ4v) is 1.19. The number of carboxylic acid groups (broad SMARTS) is 1. The maximum absolute atomic E-state index is 10.4. The first-order valence-electron chi connectivity index (χ1n) is 3.48. The van der Waals surface area contributed by atoms with Gasteiger partial charge in [-0.1, -0.05) is 0 Å². The van der Waals surface area contributed by atoms with Gasteiger partial charge in [-0.25, -0.2) is 4.79 Å². The molecule has 0 spiro atoms. The van der Waals surface area contributed by atoms with Crippen molar-refractivity contribution in [1.29, 1.82) is 0 Å². The quantitative estimate of drug-likeness (QED) is 0.884. The van der Waals surface area contributed by atoms with E-state index in [1.807, 2.05) is 0 Å². The van der Waals surface area contributed by atoms with Crippen molar-refractivity contribution in [3.05, 3.63) is 22.8 Å². The van der Waals surface area contributed by atoms with Crippen molar-refractivity contribution < 1.29 is 18.8 Å². The highest BCUT2D eigenvalue weighted by atomic mass is 79.9. The number of carbonyl (C=O) groups is 1. The summed E-state index contributed by atoms with van der Waals surface area (Å²) < 4.78 is 10.1. The normalized spacial score (nSPS) is 10.4. The smallest absolute Gasteiger partial charge is 0.377 e. The van der Waals surface area contributed by atoms with Crippen LogP contribution in [-0.2, 0) is 0 Å². The largest absolute Gasteiger partial charge is 0.475 e. The van der Waals surface area contributed by atoms with Crippen molar-refractivity contribution >= 4 is 21.9 Å². The van der Waals surface area contributed by atoms with Crippen LogP contribution < -0.4 is 0 Å². The van der Waals surface area contributed by atoms with Crippen LogP contribution in [0.15, 0.2) is 25.9 Å². The van der Waals surface area contributed by atoms with Gasteiger partial charge in [0.2, 0.25) is 0 Å². The molecule has 72 valence electrons. The second-order valence-corrected chi connectivity index (χ2v) is 3.15. The van der Waals surface area contributed by atoms with Gasteiger partial charge in [-0.2, -0.15) is 4.98 Å². The van der Waals surface area contributed by atoms with Crippen LogP contribution in [0, 0.1) is 0 Å². The number of carboxylic acids is 1. The van der Waals surface area contributed by atoms with E-state index in [1.165, 1.54) is 6.26 Å². The van der Waals surface area contributed by atoms with Gasteiger partial charge in [0.25, 0.3) is 11.7 Å². The fourth-order valence-electron chi connectivity index (χ4n) is 0.850. The summed E-state index contributed by atoms with van der Waals surface area (Å²) in [5.74, 6) is -1.50. The SMILES string of the molecule is O=C(O)c1noc(-c2coc(Br)c2)n1. The van der Waals surface area contributed by atoms with Crippen molar-refractivity contribution in [3.63, 3.8) is 0 Å². The first-order chi connectivity index (χ1) is 6.66. The molecular formula is C7H3BrN2O4. The minimum absolute atomic E-state index is 0.108. The number of aromatic carboxylic acids is 1. The molecule has 0 aliphatic carbocycles. The summed E-state index contributed by atoms with van der Waals surface area (Å²) in [5.41, 5.74) is 0.525. The first kappa shape index (κ1) is 8.95. The Hall–Kier alpha value is -1.63. The van der Waals surface area contributed by atoms with E-state index < -0.39 is 5.97 Å². The Bertz CT molecular complexity index is 475. The lowest BCUT2D eigenvalue weighted by Crippen LogP contribution is -1.98. The van der Waals surface area contributed by atoms with Crippen molar-refractivity contribution in [2.24, 2.45) is 0 Å². The third-order valence-electron chi connectivity index (χ3n) is 1.43. The third kappa shape index (κ3) is 1.53. The zero-order chi connectivity index (χ0) is 10.1. The van der Waals surface area contributed by atoms with Gasteiger partial charge < -0.3 is 14.0 Å².